The normalized spacial score (nSPS) is 10.6. The molecule has 0 unspecified atom stereocenters. The van der Waals surface area contributed by atoms with Gasteiger partial charge in [-0.15, -0.1) is 0 Å². The zero-order valence-corrected chi connectivity index (χ0v) is 11.6. The van der Waals surface area contributed by atoms with Crippen molar-refractivity contribution in [2.24, 2.45) is 0 Å². The average molecular weight is 407 g/mol. The molecule has 0 fully saturated rings. The summed E-state index contributed by atoms with van der Waals surface area (Å²) in [5.41, 5.74) is 1.15. The van der Waals surface area contributed by atoms with E-state index in [1.165, 1.54) is 0 Å². The number of hydrogen-bond acceptors (Lipinski definition) is 0. The fourth-order valence-corrected chi connectivity index (χ4v) is 2.85. The largest absolute Gasteiger partial charge is 0.0957 e. The van der Waals surface area contributed by atoms with Crippen LogP contribution >= 0.6 is 63.7 Å². The maximum Gasteiger partial charge on any atom is 0.0957 e. The molecule has 0 aromatic heterocycles. The summed E-state index contributed by atoms with van der Waals surface area (Å²) in [5, 5.41) is 0. The van der Waals surface area contributed by atoms with Crippen LogP contribution in [0.1, 0.15) is 9.30 Å². The molecule has 0 amide bonds. The second-order valence-corrected chi connectivity index (χ2v) is 6.51. The zero-order chi connectivity index (χ0) is 8.43. The number of benzene rings is 1. The van der Waals surface area contributed by atoms with Gasteiger partial charge in [-0.1, -0.05) is 44.0 Å². The average Bonchev–Trinajstić information content (AvgIpc) is 1.94. The van der Waals surface area contributed by atoms with Crippen LogP contribution in [-0.4, -0.2) is 0 Å². The summed E-state index contributed by atoms with van der Waals surface area (Å²) in [6.07, 6.45) is 0. The summed E-state index contributed by atoms with van der Waals surface area (Å²) in [6.45, 7) is 0. The molecule has 0 heterocycles. The molecule has 1 aromatic carbocycles. The van der Waals surface area contributed by atoms with Gasteiger partial charge in [0, 0.05) is 8.95 Å². The number of halogens is 4. The smallest absolute Gasteiger partial charge is 0.0712 e. The number of alkyl halides is 2. The number of rotatable bonds is 1. The van der Waals surface area contributed by atoms with Crippen LogP contribution in [0.2, 0.25) is 0 Å². The minimum Gasteiger partial charge on any atom is -0.0712 e. The molecular formula is C7H3Br4. The molecule has 59 valence electrons. The minimum atomic E-state index is 0.176. The fourth-order valence-electron chi connectivity index (χ4n) is 0.636. The summed E-state index contributed by atoms with van der Waals surface area (Å²) in [7, 11) is 0. The van der Waals surface area contributed by atoms with Gasteiger partial charge in [-0.25, -0.2) is 0 Å². The van der Waals surface area contributed by atoms with Crippen molar-refractivity contribution in [1.29, 1.82) is 0 Å². The van der Waals surface area contributed by atoms with Crippen molar-refractivity contribution in [3.05, 3.63) is 32.7 Å². The van der Waals surface area contributed by atoms with Crippen molar-refractivity contribution >= 4 is 63.7 Å². The lowest BCUT2D eigenvalue weighted by Gasteiger charge is -2.05. The van der Waals surface area contributed by atoms with Crippen LogP contribution in [0.4, 0.5) is 0 Å². The van der Waals surface area contributed by atoms with Crippen LogP contribution in [0.15, 0.2) is 21.1 Å². The van der Waals surface area contributed by atoms with Crippen molar-refractivity contribution in [1.82, 2.24) is 0 Å². The van der Waals surface area contributed by atoms with Crippen LogP contribution in [-0.2, 0) is 0 Å². The van der Waals surface area contributed by atoms with Gasteiger partial charge in [0.2, 0.25) is 0 Å². The predicted octanol–water partition coefficient (Wildman–Crippen LogP) is 4.80. The summed E-state index contributed by atoms with van der Waals surface area (Å²) in [6, 6.07) is 6.89. The molecule has 0 bridgehead atoms. The Bertz CT molecular complexity index is 257. The summed E-state index contributed by atoms with van der Waals surface area (Å²) >= 11 is 13.7. The first-order chi connectivity index (χ1) is 5.13. The van der Waals surface area contributed by atoms with Gasteiger partial charge in [-0.2, -0.15) is 0 Å². The number of hydrogen-bond donors (Lipinski definition) is 0. The Hall–Kier alpha value is 1.14. The molecule has 1 rings (SSSR count). The van der Waals surface area contributed by atoms with E-state index in [9.17, 15) is 0 Å². The summed E-state index contributed by atoms with van der Waals surface area (Å²) in [5.74, 6) is 0. The Morgan fingerprint density at radius 1 is 1.27 bits per heavy atom. The third kappa shape index (κ3) is 2.54. The van der Waals surface area contributed by atoms with Gasteiger partial charge >= 0.3 is 0 Å². The summed E-state index contributed by atoms with van der Waals surface area (Å²) in [4.78, 5) is 0. The van der Waals surface area contributed by atoms with E-state index >= 15 is 0 Å². The van der Waals surface area contributed by atoms with Crippen LogP contribution < -0.4 is 0 Å². The quantitative estimate of drug-likeness (QED) is 0.588. The molecule has 0 saturated heterocycles. The van der Waals surface area contributed by atoms with E-state index in [-0.39, 0.29) is 3.74 Å². The molecule has 1 aromatic rings. The topological polar surface area (TPSA) is 0 Å². The van der Waals surface area contributed by atoms with E-state index in [1.807, 2.05) is 12.1 Å². The van der Waals surface area contributed by atoms with Crippen LogP contribution in [0, 0.1) is 6.07 Å². The van der Waals surface area contributed by atoms with Gasteiger partial charge in [0.1, 0.15) is 0 Å². The van der Waals surface area contributed by atoms with E-state index in [0.29, 0.717) is 0 Å². The Kier molecular flexibility index (Phi) is 4.09. The SMILES string of the molecule is Brc1[c]ccc(C(Br)Br)c1Br. The summed E-state index contributed by atoms with van der Waals surface area (Å²) < 4.78 is 2.15. The highest BCUT2D eigenvalue weighted by Crippen LogP contribution is 2.37. The second-order valence-electron chi connectivity index (χ2n) is 1.86. The van der Waals surface area contributed by atoms with Crippen molar-refractivity contribution in [3.8, 4) is 0 Å². The van der Waals surface area contributed by atoms with Gasteiger partial charge < -0.3 is 0 Å². The molecule has 4 heteroatoms. The molecule has 0 aliphatic heterocycles. The molecule has 11 heavy (non-hydrogen) atoms. The molecule has 0 atom stereocenters. The first-order valence-electron chi connectivity index (χ1n) is 2.76. The second kappa shape index (κ2) is 4.40. The van der Waals surface area contributed by atoms with Gasteiger partial charge in [0.25, 0.3) is 0 Å². The third-order valence-electron chi connectivity index (χ3n) is 1.15. The Morgan fingerprint density at radius 3 is 2.36 bits per heavy atom. The Balaban J connectivity index is 3.17. The van der Waals surface area contributed by atoms with E-state index in [0.717, 1.165) is 14.5 Å². The molecule has 0 nitrogen and oxygen atoms in total. The standard InChI is InChI=1S/C7H3Br4/c8-5-3-1-2-4(6(5)9)7(10)11/h1-2,7H. The van der Waals surface area contributed by atoms with Crippen LogP contribution in [0.5, 0.6) is 0 Å². The fraction of sp³-hybridized carbons (Fsp3) is 0.143. The lowest BCUT2D eigenvalue weighted by molar-refractivity contribution is 1.36. The molecule has 1 radical (unpaired) electrons. The molecular weight excluding hydrogens is 404 g/mol. The lowest BCUT2D eigenvalue weighted by Crippen LogP contribution is -1.83. The van der Waals surface area contributed by atoms with E-state index in [2.05, 4.69) is 69.8 Å². The lowest BCUT2D eigenvalue weighted by atomic mass is 10.2. The Morgan fingerprint density at radius 2 is 1.91 bits per heavy atom. The molecule has 0 spiro atoms. The predicted molar refractivity (Wildman–Crippen MR) is 61.3 cm³/mol. The first-order valence-corrected chi connectivity index (χ1v) is 6.18. The van der Waals surface area contributed by atoms with Gasteiger partial charge in [0.05, 0.1) is 3.74 Å². The first kappa shape index (κ1) is 10.2. The monoisotopic (exact) mass is 403 g/mol. The third-order valence-corrected chi connectivity index (χ3v) is 4.15. The zero-order valence-electron chi connectivity index (χ0n) is 5.24. The van der Waals surface area contributed by atoms with Gasteiger partial charge in [-0.05, 0) is 43.5 Å². The van der Waals surface area contributed by atoms with E-state index < -0.39 is 0 Å². The molecule has 0 aliphatic carbocycles. The van der Waals surface area contributed by atoms with E-state index in [1.54, 1.807) is 0 Å². The van der Waals surface area contributed by atoms with Crippen LogP contribution in [0.3, 0.4) is 0 Å². The van der Waals surface area contributed by atoms with E-state index in [4.69, 9.17) is 0 Å². The van der Waals surface area contributed by atoms with Crippen molar-refractivity contribution in [2.75, 3.05) is 0 Å². The van der Waals surface area contributed by atoms with Crippen molar-refractivity contribution < 1.29 is 0 Å². The highest BCUT2D eigenvalue weighted by atomic mass is 79.9. The van der Waals surface area contributed by atoms with Gasteiger partial charge in [-0.3, -0.25) is 0 Å². The Labute approximate surface area is 99.3 Å². The highest BCUT2D eigenvalue weighted by Gasteiger charge is 2.08. The molecule has 0 saturated carbocycles. The molecule has 0 N–H and O–H groups in total. The van der Waals surface area contributed by atoms with Gasteiger partial charge in [0.15, 0.2) is 0 Å². The molecule has 0 aliphatic rings. The maximum absolute atomic E-state index is 3.44. The van der Waals surface area contributed by atoms with Crippen molar-refractivity contribution in [2.45, 2.75) is 3.74 Å². The highest BCUT2D eigenvalue weighted by molar-refractivity contribution is 9.24. The maximum atomic E-state index is 3.44. The van der Waals surface area contributed by atoms with Crippen molar-refractivity contribution in [3.63, 3.8) is 0 Å². The van der Waals surface area contributed by atoms with Crippen LogP contribution in [0.25, 0.3) is 0 Å². The minimum absolute atomic E-state index is 0.176.